The molecular weight excluding hydrogens is 409 g/mol. The lowest BCUT2D eigenvalue weighted by molar-refractivity contribution is -0.144. The molecule has 2 aromatic carbocycles. The highest BCUT2D eigenvalue weighted by molar-refractivity contribution is 7.89. The maximum absolute atomic E-state index is 13.8. The molecule has 0 amide bonds. The lowest BCUT2D eigenvalue weighted by Gasteiger charge is -2.26. The van der Waals surface area contributed by atoms with Gasteiger partial charge in [-0.3, -0.25) is 4.79 Å². The maximum atomic E-state index is 13.8. The highest BCUT2D eigenvalue weighted by Gasteiger charge is 2.26. The molecule has 0 atom stereocenters. The fourth-order valence-electron chi connectivity index (χ4n) is 2.79. The summed E-state index contributed by atoms with van der Waals surface area (Å²) in [6, 6.07) is 10.4. The predicted octanol–water partition coefficient (Wildman–Crippen LogP) is 2.79. The van der Waals surface area contributed by atoms with Crippen molar-refractivity contribution < 1.29 is 27.1 Å². The number of benzene rings is 2. The number of carbonyl (C=O) groups is 1. The van der Waals surface area contributed by atoms with Gasteiger partial charge in [-0.25, -0.2) is 12.8 Å². The van der Waals surface area contributed by atoms with E-state index in [1.807, 2.05) is 0 Å². The summed E-state index contributed by atoms with van der Waals surface area (Å²) in [5.41, 5.74) is 0.583. The van der Waals surface area contributed by atoms with Gasteiger partial charge in [0.25, 0.3) is 0 Å². The van der Waals surface area contributed by atoms with E-state index in [9.17, 15) is 17.6 Å². The van der Waals surface area contributed by atoms with Gasteiger partial charge in [0.05, 0.1) is 24.5 Å². The molecule has 150 valence electrons. The zero-order chi connectivity index (χ0) is 20.1. The van der Waals surface area contributed by atoms with Crippen LogP contribution in [-0.2, 0) is 37.3 Å². The molecule has 28 heavy (non-hydrogen) atoms. The van der Waals surface area contributed by atoms with Gasteiger partial charge in [-0.15, -0.1) is 0 Å². The first-order valence-electron chi connectivity index (χ1n) is 8.63. The van der Waals surface area contributed by atoms with Crippen molar-refractivity contribution in [2.75, 3.05) is 26.3 Å². The third-order valence-corrected chi connectivity index (χ3v) is 6.54. The molecule has 0 saturated carbocycles. The third kappa shape index (κ3) is 4.88. The highest BCUT2D eigenvalue weighted by atomic mass is 35.5. The van der Waals surface area contributed by atoms with Crippen LogP contribution in [0.1, 0.15) is 11.1 Å². The standard InChI is InChI=1S/C19H19ClFNO5S/c20-17-5-2-6-18(21)16(17)12-19(23)27-13-14-3-1-4-15(11-14)28(24,25)22-7-9-26-10-8-22/h1-6,11H,7-10,12-13H2. The predicted molar refractivity (Wildman–Crippen MR) is 101 cm³/mol. The smallest absolute Gasteiger partial charge is 0.310 e. The van der Waals surface area contributed by atoms with Gasteiger partial charge in [-0.05, 0) is 29.8 Å². The lowest BCUT2D eigenvalue weighted by atomic mass is 10.1. The first-order chi connectivity index (χ1) is 13.4. The van der Waals surface area contributed by atoms with E-state index in [1.165, 1.54) is 34.6 Å². The van der Waals surface area contributed by atoms with E-state index < -0.39 is 21.8 Å². The van der Waals surface area contributed by atoms with E-state index >= 15 is 0 Å². The van der Waals surface area contributed by atoms with E-state index in [2.05, 4.69) is 0 Å². The topological polar surface area (TPSA) is 72.9 Å². The Bertz CT molecular complexity index is 940. The normalized spacial score (nSPS) is 15.4. The minimum absolute atomic E-state index is 0.0674. The number of morpholine rings is 1. The summed E-state index contributed by atoms with van der Waals surface area (Å²) in [7, 11) is -3.64. The minimum atomic E-state index is -3.64. The average molecular weight is 428 g/mol. The van der Waals surface area contributed by atoms with E-state index in [1.54, 1.807) is 12.1 Å². The first-order valence-corrected chi connectivity index (χ1v) is 10.4. The Labute approximate surface area is 167 Å². The quantitative estimate of drug-likeness (QED) is 0.663. The van der Waals surface area contributed by atoms with Crippen LogP contribution in [0.15, 0.2) is 47.4 Å². The van der Waals surface area contributed by atoms with Gasteiger partial charge in [-0.1, -0.05) is 29.8 Å². The Morgan fingerprint density at radius 3 is 2.61 bits per heavy atom. The van der Waals surface area contributed by atoms with Crippen LogP contribution in [-0.4, -0.2) is 45.0 Å². The van der Waals surface area contributed by atoms with Gasteiger partial charge in [0.2, 0.25) is 10.0 Å². The SMILES string of the molecule is O=C(Cc1c(F)cccc1Cl)OCc1cccc(S(=O)(=O)N2CCOCC2)c1. The molecule has 1 fully saturated rings. The van der Waals surface area contributed by atoms with Crippen LogP contribution in [0.25, 0.3) is 0 Å². The lowest BCUT2D eigenvalue weighted by Crippen LogP contribution is -2.40. The molecule has 1 aliphatic rings. The summed E-state index contributed by atoms with van der Waals surface area (Å²) >= 11 is 5.91. The van der Waals surface area contributed by atoms with Gasteiger partial charge in [0, 0.05) is 23.7 Å². The van der Waals surface area contributed by atoms with Crippen molar-refractivity contribution in [2.24, 2.45) is 0 Å². The number of hydrogen-bond acceptors (Lipinski definition) is 5. The Morgan fingerprint density at radius 2 is 1.89 bits per heavy atom. The average Bonchev–Trinajstić information content (AvgIpc) is 2.70. The second-order valence-corrected chi connectivity index (χ2v) is 8.55. The fraction of sp³-hybridized carbons (Fsp3) is 0.316. The highest BCUT2D eigenvalue weighted by Crippen LogP contribution is 2.21. The van der Waals surface area contributed by atoms with Crippen LogP contribution in [0.3, 0.4) is 0 Å². The molecule has 0 bridgehead atoms. The van der Waals surface area contributed by atoms with Crippen LogP contribution in [0.4, 0.5) is 4.39 Å². The van der Waals surface area contributed by atoms with Gasteiger partial charge in [0.1, 0.15) is 12.4 Å². The number of nitrogens with zero attached hydrogens (tertiary/aromatic N) is 1. The van der Waals surface area contributed by atoms with Gasteiger partial charge in [0.15, 0.2) is 0 Å². The molecule has 6 nitrogen and oxygen atoms in total. The molecule has 2 aromatic rings. The molecule has 3 rings (SSSR count). The van der Waals surface area contributed by atoms with Crippen molar-refractivity contribution in [3.63, 3.8) is 0 Å². The summed E-state index contributed by atoms with van der Waals surface area (Å²) in [6.07, 6.45) is -0.308. The number of sulfonamides is 1. The first kappa shape index (κ1) is 20.7. The van der Waals surface area contributed by atoms with Crippen molar-refractivity contribution in [2.45, 2.75) is 17.9 Å². The molecular formula is C19H19ClFNO5S. The zero-order valence-corrected chi connectivity index (χ0v) is 16.5. The molecule has 0 radical (unpaired) electrons. The molecule has 0 N–H and O–H groups in total. The van der Waals surface area contributed by atoms with Crippen LogP contribution in [0, 0.1) is 5.82 Å². The molecule has 1 heterocycles. The third-order valence-electron chi connectivity index (χ3n) is 4.29. The maximum Gasteiger partial charge on any atom is 0.310 e. The Balaban J connectivity index is 1.65. The van der Waals surface area contributed by atoms with Crippen molar-refractivity contribution in [1.82, 2.24) is 4.31 Å². The molecule has 0 unspecified atom stereocenters. The number of esters is 1. The van der Waals surface area contributed by atoms with E-state index in [0.29, 0.717) is 31.9 Å². The van der Waals surface area contributed by atoms with Gasteiger partial charge < -0.3 is 9.47 Å². The zero-order valence-electron chi connectivity index (χ0n) is 14.9. The summed E-state index contributed by atoms with van der Waals surface area (Å²) < 4.78 is 50.9. The summed E-state index contributed by atoms with van der Waals surface area (Å²) in [5, 5.41) is 0.149. The minimum Gasteiger partial charge on any atom is -0.461 e. The number of hydrogen-bond donors (Lipinski definition) is 0. The van der Waals surface area contributed by atoms with Crippen LogP contribution in [0.5, 0.6) is 0 Å². The van der Waals surface area contributed by atoms with E-state index in [0.717, 1.165) is 0 Å². The second kappa shape index (κ2) is 9.00. The van der Waals surface area contributed by atoms with Gasteiger partial charge >= 0.3 is 5.97 Å². The van der Waals surface area contributed by atoms with Crippen molar-refractivity contribution in [3.8, 4) is 0 Å². The number of ether oxygens (including phenoxy) is 2. The number of rotatable bonds is 6. The summed E-state index contributed by atoms with van der Waals surface area (Å²) in [4.78, 5) is 12.2. The number of halogens is 2. The van der Waals surface area contributed by atoms with Crippen LogP contribution in [0.2, 0.25) is 5.02 Å². The molecule has 0 spiro atoms. The van der Waals surface area contributed by atoms with Crippen molar-refractivity contribution in [1.29, 1.82) is 0 Å². The molecule has 9 heteroatoms. The number of carbonyl (C=O) groups excluding carboxylic acids is 1. The summed E-state index contributed by atoms with van der Waals surface area (Å²) in [6.45, 7) is 1.18. The van der Waals surface area contributed by atoms with Crippen LogP contribution < -0.4 is 0 Å². The monoisotopic (exact) mass is 427 g/mol. The Kier molecular flexibility index (Phi) is 6.66. The fourth-order valence-corrected chi connectivity index (χ4v) is 4.50. The van der Waals surface area contributed by atoms with Crippen LogP contribution >= 0.6 is 11.6 Å². The Hall–Kier alpha value is -2.00. The molecule has 0 aliphatic carbocycles. The van der Waals surface area contributed by atoms with Gasteiger partial charge in [-0.2, -0.15) is 4.31 Å². The van der Waals surface area contributed by atoms with E-state index in [-0.39, 0.29) is 28.5 Å². The summed E-state index contributed by atoms with van der Waals surface area (Å²) in [5.74, 6) is -1.24. The largest absolute Gasteiger partial charge is 0.461 e. The Morgan fingerprint density at radius 1 is 1.18 bits per heavy atom. The molecule has 1 aliphatic heterocycles. The molecule has 1 saturated heterocycles. The molecule has 0 aromatic heterocycles. The van der Waals surface area contributed by atoms with E-state index in [4.69, 9.17) is 21.1 Å². The van der Waals surface area contributed by atoms with Crippen molar-refractivity contribution >= 4 is 27.6 Å². The second-order valence-electron chi connectivity index (χ2n) is 6.20. The van der Waals surface area contributed by atoms with Crippen molar-refractivity contribution in [3.05, 3.63) is 64.4 Å².